The second kappa shape index (κ2) is 6.10. The molecule has 0 bridgehead atoms. The molecule has 1 aromatic carbocycles. The van der Waals surface area contributed by atoms with Crippen molar-refractivity contribution in [3.8, 4) is 11.5 Å². The van der Waals surface area contributed by atoms with E-state index in [-0.39, 0.29) is 0 Å². The Bertz CT molecular complexity index is 602. The third kappa shape index (κ3) is 2.74. The molecule has 0 amide bonds. The van der Waals surface area contributed by atoms with Gasteiger partial charge in [0.2, 0.25) is 0 Å². The summed E-state index contributed by atoms with van der Waals surface area (Å²) in [4.78, 5) is 8.41. The molecule has 0 spiro atoms. The molecule has 6 heteroatoms. The third-order valence-corrected chi connectivity index (χ3v) is 2.98. The van der Waals surface area contributed by atoms with Gasteiger partial charge in [-0.05, 0) is 19.1 Å². The van der Waals surface area contributed by atoms with Gasteiger partial charge in [0.25, 0.3) is 0 Å². The first-order chi connectivity index (χ1) is 9.69. The van der Waals surface area contributed by atoms with Gasteiger partial charge in [-0.15, -0.1) is 0 Å². The highest BCUT2D eigenvalue weighted by atomic mass is 16.5. The Morgan fingerprint density at radius 2 is 1.80 bits per heavy atom. The summed E-state index contributed by atoms with van der Waals surface area (Å²) in [5.41, 5.74) is 1.75. The van der Waals surface area contributed by atoms with Crippen molar-refractivity contribution in [1.29, 1.82) is 0 Å². The Kier molecular flexibility index (Phi) is 4.24. The van der Waals surface area contributed by atoms with Gasteiger partial charge in [0.1, 0.15) is 29.5 Å². The van der Waals surface area contributed by atoms with Gasteiger partial charge in [-0.1, -0.05) is 0 Å². The standard InChI is InChI=1S/C14H18N4O2/c1-9-13(15-2)16-8-17-14(9)18-11-6-5-10(19-3)7-12(11)20-4/h5-8H,1-4H3,(H2,15,16,17,18). The van der Waals surface area contributed by atoms with E-state index in [2.05, 4.69) is 20.6 Å². The van der Waals surface area contributed by atoms with Gasteiger partial charge in [0, 0.05) is 18.7 Å². The number of aromatic nitrogens is 2. The van der Waals surface area contributed by atoms with Gasteiger partial charge in [-0.2, -0.15) is 0 Å². The minimum absolute atomic E-state index is 0.688. The predicted octanol–water partition coefficient (Wildman–Crippen LogP) is 2.59. The van der Waals surface area contributed by atoms with E-state index in [1.807, 2.05) is 32.2 Å². The molecule has 2 rings (SSSR count). The molecule has 20 heavy (non-hydrogen) atoms. The second-order valence-electron chi connectivity index (χ2n) is 4.14. The molecule has 0 fully saturated rings. The van der Waals surface area contributed by atoms with Crippen LogP contribution in [-0.4, -0.2) is 31.2 Å². The number of anilines is 3. The highest BCUT2D eigenvalue weighted by Crippen LogP contribution is 2.32. The van der Waals surface area contributed by atoms with Crippen LogP contribution in [0.25, 0.3) is 0 Å². The molecule has 0 aliphatic heterocycles. The lowest BCUT2D eigenvalue weighted by atomic mass is 10.2. The molecule has 0 saturated carbocycles. The maximum atomic E-state index is 5.35. The van der Waals surface area contributed by atoms with Gasteiger partial charge in [-0.3, -0.25) is 0 Å². The van der Waals surface area contributed by atoms with E-state index < -0.39 is 0 Å². The van der Waals surface area contributed by atoms with Crippen molar-refractivity contribution in [2.45, 2.75) is 6.92 Å². The van der Waals surface area contributed by atoms with Crippen LogP contribution in [0.4, 0.5) is 17.3 Å². The Balaban J connectivity index is 2.35. The van der Waals surface area contributed by atoms with Crippen molar-refractivity contribution in [2.24, 2.45) is 0 Å². The molecule has 0 unspecified atom stereocenters. The van der Waals surface area contributed by atoms with E-state index in [4.69, 9.17) is 9.47 Å². The highest BCUT2D eigenvalue weighted by molar-refractivity contribution is 5.69. The van der Waals surface area contributed by atoms with Gasteiger partial charge in [-0.25, -0.2) is 9.97 Å². The van der Waals surface area contributed by atoms with Crippen molar-refractivity contribution in [3.63, 3.8) is 0 Å². The van der Waals surface area contributed by atoms with Crippen LogP contribution in [0.3, 0.4) is 0 Å². The van der Waals surface area contributed by atoms with Crippen molar-refractivity contribution in [2.75, 3.05) is 31.9 Å². The molecule has 6 nitrogen and oxygen atoms in total. The van der Waals surface area contributed by atoms with Crippen molar-refractivity contribution < 1.29 is 9.47 Å². The summed E-state index contributed by atoms with van der Waals surface area (Å²) in [6, 6.07) is 5.57. The first-order valence-electron chi connectivity index (χ1n) is 6.18. The Hall–Kier alpha value is -2.50. The Morgan fingerprint density at radius 1 is 1.05 bits per heavy atom. The van der Waals surface area contributed by atoms with Gasteiger partial charge in [0.05, 0.1) is 19.9 Å². The number of nitrogens with one attached hydrogen (secondary N) is 2. The summed E-state index contributed by atoms with van der Waals surface area (Å²) >= 11 is 0. The van der Waals surface area contributed by atoms with E-state index >= 15 is 0 Å². The molecule has 0 aliphatic carbocycles. The molecule has 1 aromatic heterocycles. The minimum atomic E-state index is 0.688. The number of nitrogens with zero attached hydrogens (tertiary/aromatic N) is 2. The van der Waals surface area contributed by atoms with Crippen LogP contribution in [0.1, 0.15) is 5.56 Å². The highest BCUT2D eigenvalue weighted by Gasteiger charge is 2.10. The number of rotatable bonds is 5. The number of ether oxygens (including phenoxy) is 2. The Labute approximate surface area is 118 Å². The number of benzene rings is 1. The van der Waals surface area contributed by atoms with Crippen LogP contribution in [0.15, 0.2) is 24.5 Å². The first-order valence-corrected chi connectivity index (χ1v) is 6.18. The topological polar surface area (TPSA) is 68.3 Å². The van der Waals surface area contributed by atoms with Crippen LogP contribution in [-0.2, 0) is 0 Å². The number of hydrogen-bond acceptors (Lipinski definition) is 6. The monoisotopic (exact) mass is 274 g/mol. The van der Waals surface area contributed by atoms with Crippen LogP contribution >= 0.6 is 0 Å². The van der Waals surface area contributed by atoms with Crippen LogP contribution in [0.5, 0.6) is 11.5 Å². The van der Waals surface area contributed by atoms with E-state index in [0.717, 1.165) is 28.6 Å². The van der Waals surface area contributed by atoms with Crippen molar-refractivity contribution >= 4 is 17.3 Å². The zero-order chi connectivity index (χ0) is 14.5. The molecule has 2 aromatic rings. The minimum Gasteiger partial charge on any atom is -0.497 e. The predicted molar refractivity (Wildman–Crippen MR) is 79.1 cm³/mol. The fourth-order valence-electron chi connectivity index (χ4n) is 1.86. The molecule has 1 heterocycles. The average molecular weight is 274 g/mol. The fourth-order valence-corrected chi connectivity index (χ4v) is 1.86. The van der Waals surface area contributed by atoms with Crippen molar-refractivity contribution in [3.05, 3.63) is 30.1 Å². The number of hydrogen-bond donors (Lipinski definition) is 2. The summed E-state index contributed by atoms with van der Waals surface area (Å²) in [7, 11) is 5.06. The van der Waals surface area contributed by atoms with E-state index in [9.17, 15) is 0 Å². The smallest absolute Gasteiger partial charge is 0.146 e. The summed E-state index contributed by atoms with van der Waals surface area (Å²) in [6.07, 6.45) is 1.51. The molecule has 0 radical (unpaired) electrons. The van der Waals surface area contributed by atoms with Crippen LogP contribution < -0.4 is 20.1 Å². The summed E-state index contributed by atoms with van der Waals surface area (Å²) in [5, 5.41) is 6.27. The third-order valence-electron chi connectivity index (χ3n) is 2.98. The largest absolute Gasteiger partial charge is 0.497 e. The SMILES string of the molecule is CNc1ncnc(Nc2ccc(OC)cc2OC)c1C. The molecule has 106 valence electrons. The Morgan fingerprint density at radius 3 is 2.45 bits per heavy atom. The quantitative estimate of drug-likeness (QED) is 0.873. The summed E-state index contributed by atoms with van der Waals surface area (Å²) < 4.78 is 10.5. The molecule has 2 N–H and O–H groups in total. The lowest BCUT2D eigenvalue weighted by Gasteiger charge is -2.14. The van der Waals surface area contributed by atoms with Crippen LogP contribution in [0.2, 0.25) is 0 Å². The maximum Gasteiger partial charge on any atom is 0.146 e. The zero-order valence-corrected chi connectivity index (χ0v) is 12.0. The van der Waals surface area contributed by atoms with Crippen molar-refractivity contribution in [1.82, 2.24) is 9.97 Å². The van der Waals surface area contributed by atoms with Crippen LogP contribution in [0, 0.1) is 6.92 Å². The fraction of sp³-hybridized carbons (Fsp3) is 0.286. The first kappa shape index (κ1) is 13.9. The van der Waals surface area contributed by atoms with E-state index in [1.54, 1.807) is 14.2 Å². The second-order valence-corrected chi connectivity index (χ2v) is 4.14. The molecular formula is C14H18N4O2. The van der Waals surface area contributed by atoms with E-state index in [1.165, 1.54) is 6.33 Å². The lowest BCUT2D eigenvalue weighted by Crippen LogP contribution is -2.03. The maximum absolute atomic E-state index is 5.35. The molecule has 0 saturated heterocycles. The van der Waals surface area contributed by atoms with Gasteiger partial charge >= 0.3 is 0 Å². The molecule has 0 atom stereocenters. The lowest BCUT2D eigenvalue weighted by molar-refractivity contribution is 0.395. The normalized spacial score (nSPS) is 10.0. The number of methoxy groups -OCH3 is 2. The summed E-state index contributed by atoms with van der Waals surface area (Å²) in [5.74, 6) is 2.94. The summed E-state index contributed by atoms with van der Waals surface area (Å²) in [6.45, 7) is 1.95. The zero-order valence-electron chi connectivity index (χ0n) is 12.0. The van der Waals surface area contributed by atoms with Gasteiger partial charge in [0.15, 0.2) is 0 Å². The molecule has 0 aliphatic rings. The van der Waals surface area contributed by atoms with Gasteiger partial charge < -0.3 is 20.1 Å². The van der Waals surface area contributed by atoms with E-state index in [0.29, 0.717) is 5.75 Å². The average Bonchev–Trinajstić information content (AvgIpc) is 2.49. The molecular weight excluding hydrogens is 256 g/mol.